The molecule has 1 aromatic carbocycles. The van der Waals surface area contributed by atoms with E-state index < -0.39 is 0 Å². The topological polar surface area (TPSA) is 3.24 Å². The van der Waals surface area contributed by atoms with Crippen molar-refractivity contribution in [2.24, 2.45) is 0 Å². The molecular weight excluding hydrogens is 297 g/mol. The number of anilines is 1. The first kappa shape index (κ1) is 12.3. The summed E-state index contributed by atoms with van der Waals surface area (Å²) in [6, 6.07) is 6.49. The Morgan fingerprint density at radius 2 is 1.87 bits per heavy atom. The van der Waals surface area contributed by atoms with Crippen molar-refractivity contribution in [1.29, 1.82) is 0 Å². The molecule has 0 bridgehead atoms. The highest BCUT2D eigenvalue weighted by Gasteiger charge is 2.04. The van der Waals surface area contributed by atoms with Crippen molar-refractivity contribution in [2.45, 2.75) is 6.92 Å². The van der Waals surface area contributed by atoms with Crippen molar-refractivity contribution in [3.05, 3.63) is 52.6 Å². The summed E-state index contributed by atoms with van der Waals surface area (Å²) in [5.41, 5.74) is 2.54. The summed E-state index contributed by atoms with van der Waals surface area (Å²) >= 11 is 2.36. The van der Waals surface area contributed by atoms with Crippen molar-refractivity contribution in [3.8, 4) is 0 Å². The van der Waals surface area contributed by atoms with E-state index in [4.69, 9.17) is 0 Å². The standard InChI is InChI=1S/C13H16IN/c1-4-8-15(9-5-2)12-7-6-11(3)13(14)10-12/h4-7,10H,1-2,8-9H2,3H3. The molecule has 0 fully saturated rings. The SMILES string of the molecule is C=CCN(CC=C)c1ccc(C)c(I)c1. The van der Waals surface area contributed by atoms with Gasteiger partial charge in [0.15, 0.2) is 0 Å². The zero-order valence-corrected chi connectivity index (χ0v) is 11.2. The van der Waals surface area contributed by atoms with Gasteiger partial charge in [-0.25, -0.2) is 0 Å². The number of rotatable bonds is 5. The number of benzene rings is 1. The van der Waals surface area contributed by atoms with Gasteiger partial charge in [0.05, 0.1) is 0 Å². The molecule has 0 saturated carbocycles. The van der Waals surface area contributed by atoms with Crippen molar-refractivity contribution < 1.29 is 0 Å². The molecule has 0 unspecified atom stereocenters. The van der Waals surface area contributed by atoms with E-state index in [1.165, 1.54) is 14.8 Å². The fourth-order valence-electron chi connectivity index (χ4n) is 1.38. The van der Waals surface area contributed by atoms with Gasteiger partial charge < -0.3 is 4.90 Å². The fourth-order valence-corrected chi connectivity index (χ4v) is 1.87. The van der Waals surface area contributed by atoms with Crippen LogP contribution in [-0.4, -0.2) is 13.1 Å². The van der Waals surface area contributed by atoms with Crippen LogP contribution in [0.4, 0.5) is 5.69 Å². The average Bonchev–Trinajstić information content (AvgIpc) is 2.22. The largest absolute Gasteiger partial charge is 0.364 e. The molecule has 0 atom stereocenters. The van der Waals surface area contributed by atoms with Crippen LogP contribution in [0, 0.1) is 10.5 Å². The van der Waals surface area contributed by atoms with Gasteiger partial charge in [-0.15, -0.1) is 13.2 Å². The fraction of sp³-hybridized carbons (Fsp3) is 0.231. The van der Waals surface area contributed by atoms with E-state index >= 15 is 0 Å². The van der Waals surface area contributed by atoms with Crippen LogP contribution in [0.5, 0.6) is 0 Å². The minimum atomic E-state index is 0.852. The van der Waals surface area contributed by atoms with Crippen LogP contribution in [-0.2, 0) is 0 Å². The second-order valence-electron chi connectivity index (χ2n) is 3.42. The summed E-state index contributed by atoms with van der Waals surface area (Å²) in [7, 11) is 0. The van der Waals surface area contributed by atoms with Crippen molar-refractivity contribution in [1.82, 2.24) is 0 Å². The zero-order valence-electron chi connectivity index (χ0n) is 9.04. The van der Waals surface area contributed by atoms with E-state index in [0.717, 1.165) is 13.1 Å². The van der Waals surface area contributed by atoms with E-state index in [9.17, 15) is 0 Å². The average molecular weight is 313 g/mol. The molecule has 0 amide bonds. The molecule has 0 aliphatic rings. The van der Waals surface area contributed by atoms with E-state index in [-0.39, 0.29) is 0 Å². The molecule has 0 aliphatic carbocycles. The molecular formula is C13H16IN. The Balaban J connectivity index is 2.94. The molecule has 0 heterocycles. The molecule has 1 nitrogen and oxygen atoms in total. The summed E-state index contributed by atoms with van der Waals surface area (Å²) in [6.45, 7) is 11.4. The van der Waals surface area contributed by atoms with Gasteiger partial charge in [0.2, 0.25) is 0 Å². The molecule has 0 radical (unpaired) electrons. The van der Waals surface area contributed by atoms with Gasteiger partial charge in [0.25, 0.3) is 0 Å². The maximum Gasteiger partial charge on any atom is 0.0382 e. The number of hydrogen-bond acceptors (Lipinski definition) is 1. The van der Waals surface area contributed by atoms with Gasteiger partial charge in [0, 0.05) is 22.3 Å². The van der Waals surface area contributed by atoms with Gasteiger partial charge in [-0.3, -0.25) is 0 Å². The van der Waals surface area contributed by atoms with Gasteiger partial charge in [0.1, 0.15) is 0 Å². The Morgan fingerprint density at radius 3 is 2.33 bits per heavy atom. The van der Waals surface area contributed by atoms with Crippen LogP contribution in [0.1, 0.15) is 5.56 Å². The Bertz CT molecular complexity index is 348. The lowest BCUT2D eigenvalue weighted by Gasteiger charge is -2.22. The molecule has 80 valence electrons. The molecule has 2 heteroatoms. The molecule has 0 aliphatic heterocycles. The molecule has 0 spiro atoms. The second-order valence-corrected chi connectivity index (χ2v) is 4.58. The molecule has 1 rings (SSSR count). The monoisotopic (exact) mass is 313 g/mol. The van der Waals surface area contributed by atoms with E-state index in [1.807, 2.05) is 12.2 Å². The van der Waals surface area contributed by atoms with Crippen LogP contribution in [0.2, 0.25) is 0 Å². The highest BCUT2D eigenvalue weighted by Crippen LogP contribution is 2.20. The van der Waals surface area contributed by atoms with E-state index in [0.29, 0.717) is 0 Å². The molecule has 0 N–H and O–H groups in total. The third-order valence-electron chi connectivity index (χ3n) is 2.22. The Labute approximate surface area is 106 Å². The minimum absolute atomic E-state index is 0.852. The smallest absolute Gasteiger partial charge is 0.0382 e. The van der Waals surface area contributed by atoms with Gasteiger partial charge in [-0.2, -0.15) is 0 Å². The van der Waals surface area contributed by atoms with E-state index in [2.05, 4.69) is 65.8 Å². The summed E-state index contributed by atoms with van der Waals surface area (Å²) < 4.78 is 1.29. The summed E-state index contributed by atoms with van der Waals surface area (Å²) in [5.74, 6) is 0. The normalized spacial score (nSPS) is 9.73. The zero-order chi connectivity index (χ0) is 11.3. The number of hydrogen-bond donors (Lipinski definition) is 0. The van der Waals surface area contributed by atoms with Crippen LogP contribution in [0.15, 0.2) is 43.5 Å². The first-order valence-corrected chi connectivity index (χ1v) is 5.99. The van der Waals surface area contributed by atoms with Gasteiger partial charge in [-0.05, 0) is 47.2 Å². The lowest BCUT2D eigenvalue weighted by atomic mass is 10.2. The van der Waals surface area contributed by atoms with Crippen LogP contribution >= 0.6 is 22.6 Å². The summed E-state index contributed by atoms with van der Waals surface area (Å²) in [6.07, 6.45) is 3.83. The number of aryl methyl sites for hydroxylation is 1. The lowest BCUT2D eigenvalue weighted by Crippen LogP contribution is -2.23. The van der Waals surface area contributed by atoms with Gasteiger partial charge >= 0.3 is 0 Å². The maximum atomic E-state index is 3.77. The van der Waals surface area contributed by atoms with E-state index in [1.54, 1.807) is 0 Å². The van der Waals surface area contributed by atoms with Gasteiger partial charge in [-0.1, -0.05) is 18.2 Å². The quantitative estimate of drug-likeness (QED) is 0.591. The Morgan fingerprint density at radius 1 is 1.27 bits per heavy atom. The van der Waals surface area contributed by atoms with Crippen molar-refractivity contribution in [2.75, 3.05) is 18.0 Å². The van der Waals surface area contributed by atoms with Crippen LogP contribution in [0.25, 0.3) is 0 Å². The lowest BCUT2D eigenvalue weighted by molar-refractivity contribution is 0.955. The maximum absolute atomic E-state index is 3.77. The third-order valence-corrected chi connectivity index (χ3v) is 3.38. The molecule has 0 aromatic heterocycles. The van der Waals surface area contributed by atoms with Crippen molar-refractivity contribution >= 4 is 28.3 Å². The molecule has 15 heavy (non-hydrogen) atoms. The third kappa shape index (κ3) is 3.38. The minimum Gasteiger partial charge on any atom is -0.364 e. The highest BCUT2D eigenvalue weighted by molar-refractivity contribution is 14.1. The number of halogens is 1. The molecule has 1 aromatic rings. The first-order chi connectivity index (χ1) is 7.19. The van der Waals surface area contributed by atoms with Crippen molar-refractivity contribution in [3.63, 3.8) is 0 Å². The summed E-state index contributed by atoms with van der Waals surface area (Å²) in [4.78, 5) is 2.24. The number of nitrogens with zero attached hydrogens (tertiary/aromatic N) is 1. The summed E-state index contributed by atoms with van der Waals surface area (Å²) in [5, 5.41) is 0. The highest BCUT2D eigenvalue weighted by atomic mass is 127. The second kappa shape index (κ2) is 5.95. The van der Waals surface area contributed by atoms with Crippen LogP contribution < -0.4 is 4.90 Å². The first-order valence-electron chi connectivity index (χ1n) is 4.92. The molecule has 0 saturated heterocycles. The Kier molecular flexibility index (Phi) is 4.88. The van der Waals surface area contributed by atoms with Crippen LogP contribution in [0.3, 0.4) is 0 Å². The predicted octanol–water partition coefficient (Wildman–Crippen LogP) is 3.78. The Hall–Kier alpha value is -0.770. The predicted molar refractivity (Wildman–Crippen MR) is 76.5 cm³/mol.